The third kappa shape index (κ3) is 5.02. The maximum absolute atomic E-state index is 10.7. The van der Waals surface area contributed by atoms with Crippen molar-refractivity contribution in [2.75, 3.05) is 6.54 Å². The van der Waals surface area contributed by atoms with E-state index in [4.69, 9.17) is 26.0 Å². The second-order valence-corrected chi connectivity index (χ2v) is 8.43. The molecule has 0 spiro atoms. The maximum atomic E-state index is 10.7. The minimum Gasteiger partial charge on any atom is -0.489 e. The average molecular weight is 469 g/mol. The van der Waals surface area contributed by atoms with Crippen molar-refractivity contribution < 1.29 is 19.2 Å². The van der Waals surface area contributed by atoms with E-state index in [1.165, 1.54) is 0 Å². The van der Waals surface area contributed by atoms with Crippen LogP contribution in [-0.2, 0) is 18.4 Å². The number of rotatable bonds is 9. The van der Waals surface area contributed by atoms with Crippen LogP contribution in [0.2, 0.25) is 5.02 Å². The molecule has 0 aliphatic rings. The molecular weight excluding hydrogens is 444 g/mol. The monoisotopic (exact) mass is 468 g/mol. The van der Waals surface area contributed by atoms with E-state index in [9.17, 15) is 4.79 Å². The van der Waals surface area contributed by atoms with Crippen LogP contribution < -0.4 is 10.1 Å². The summed E-state index contributed by atoms with van der Waals surface area (Å²) in [6.07, 6.45) is 2.12. The molecule has 0 radical (unpaired) electrons. The van der Waals surface area contributed by atoms with Gasteiger partial charge in [0.25, 0.3) is 5.89 Å². The number of fused-ring (bicyclic) bond motifs is 1. The van der Waals surface area contributed by atoms with Gasteiger partial charge in [-0.1, -0.05) is 28.9 Å². The molecule has 2 aromatic carbocycles. The van der Waals surface area contributed by atoms with Crippen LogP contribution in [0, 0.1) is 0 Å². The number of para-hydroxylation sites is 1. The number of benzene rings is 2. The number of halogens is 1. The van der Waals surface area contributed by atoms with Gasteiger partial charge < -0.3 is 24.3 Å². The molecule has 0 unspecified atom stereocenters. The third-order valence-corrected chi connectivity index (χ3v) is 5.42. The molecule has 0 saturated carbocycles. The topological polar surface area (TPSA) is 102 Å². The van der Waals surface area contributed by atoms with Gasteiger partial charge in [0, 0.05) is 42.8 Å². The van der Waals surface area contributed by atoms with Crippen molar-refractivity contribution in [3.05, 3.63) is 53.2 Å². The van der Waals surface area contributed by atoms with Gasteiger partial charge in [0.05, 0.1) is 23.1 Å². The fourth-order valence-electron chi connectivity index (χ4n) is 3.72. The highest BCUT2D eigenvalue weighted by atomic mass is 35.5. The normalized spacial score (nSPS) is 11.4. The number of aromatic nitrogens is 3. The SMILES string of the molecule is CC(C)Oc1ccc(-c2nc(-c3cccc4c(CNCCC(=O)O)cn(C)c34)no2)cc1Cl. The van der Waals surface area contributed by atoms with Crippen LogP contribution in [-0.4, -0.2) is 38.4 Å². The molecule has 4 aromatic rings. The smallest absolute Gasteiger partial charge is 0.304 e. The lowest BCUT2D eigenvalue weighted by Crippen LogP contribution is -2.17. The van der Waals surface area contributed by atoms with E-state index < -0.39 is 5.97 Å². The minimum absolute atomic E-state index is 0.0198. The largest absolute Gasteiger partial charge is 0.489 e. The molecule has 33 heavy (non-hydrogen) atoms. The first-order chi connectivity index (χ1) is 15.8. The molecular formula is C24H25ClN4O4. The fourth-order valence-corrected chi connectivity index (χ4v) is 3.95. The third-order valence-electron chi connectivity index (χ3n) is 5.12. The lowest BCUT2D eigenvalue weighted by molar-refractivity contribution is -0.136. The van der Waals surface area contributed by atoms with E-state index in [1.54, 1.807) is 12.1 Å². The van der Waals surface area contributed by atoms with E-state index in [2.05, 4.69) is 15.5 Å². The van der Waals surface area contributed by atoms with E-state index in [1.807, 2.05) is 55.9 Å². The molecule has 0 amide bonds. The van der Waals surface area contributed by atoms with Crippen LogP contribution in [0.5, 0.6) is 5.75 Å². The molecule has 0 aliphatic carbocycles. The zero-order chi connectivity index (χ0) is 23.5. The zero-order valence-electron chi connectivity index (χ0n) is 18.6. The first kappa shape index (κ1) is 22.8. The van der Waals surface area contributed by atoms with Crippen molar-refractivity contribution in [2.24, 2.45) is 7.05 Å². The van der Waals surface area contributed by atoms with Crippen LogP contribution in [0.15, 0.2) is 47.1 Å². The van der Waals surface area contributed by atoms with E-state index in [-0.39, 0.29) is 12.5 Å². The molecule has 2 aromatic heterocycles. The van der Waals surface area contributed by atoms with Crippen LogP contribution in [0.1, 0.15) is 25.8 Å². The Morgan fingerprint density at radius 2 is 2.12 bits per heavy atom. The average Bonchev–Trinajstić information content (AvgIpc) is 3.38. The van der Waals surface area contributed by atoms with E-state index >= 15 is 0 Å². The Bertz CT molecular complexity index is 1300. The highest BCUT2D eigenvalue weighted by molar-refractivity contribution is 6.32. The summed E-state index contributed by atoms with van der Waals surface area (Å²) >= 11 is 6.36. The van der Waals surface area contributed by atoms with Crippen LogP contribution >= 0.6 is 11.6 Å². The first-order valence-corrected chi connectivity index (χ1v) is 11.0. The lowest BCUT2D eigenvalue weighted by Gasteiger charge is -2.11. The number of aryl methyl sites for hydroxylation is 1. The predicted octanol–water partition coefficient (Wildman–Crippen LogP) is 4.90. The summed E-state index contributed by atoms with van der Waals surface area (Å²) in [5.41, 5.74) is 3.58. The summed E-state index contributed by atoms with van der Waals surface area (Å²) in [6.45, 7) is 4.85. The van der Waals surface area contributed by atoms with Gasteiger partial charge in [-0.15, -0.1) is 0 Å². The van der Waals surface area contributed by atoms with Gasteiger partial charge in [-0.05, 0) is 43.7 Å². The van der Waals surface area contributed by atoms with Crippen molar-refractivity contribution in [1.29, 1.82) is 0 Å². The molecule has 172 valence electrons. The van der Waals surface area contributed by atoms with Crippen LogP contribution in [0.3, 0.4) is 0 Å². The molecule has 9 heteroatoms. The lowest BCUT2D eigenvalue weighted by atomic mass is 10.1. The fraction of sp³-hybridized carbons (Fsp3) is 0.292. The zero-order valence-corrected chi connectivity index (χ0v) is 19.4. The molecule has 0 saturated heterocycles. The number of hydrogen-bond acceptors (Lipinski definition) is 6. The van der Waals surface area contributed by atoms with Crippen molar-refractivity contribution in [1.82, 2.24) is 20.0 Å². The quantitative estimate of drug-likeness (QED) is 0.337. The summed E-state index contributed by atoms with van der Waals surface area (Å²) < 4.78 is 13.2. The molecule has 0 aliphatic heterocycles. The minimum atomic E-state index is -0.820. The second-order valence-electron chi connectivity index (χ2n) is 8.02. The van der Waals surface area contributed by atoms with E-state index in [0.29, 0.717) is 41.1 Å². The molecule has 4 rings (SSSR count). The van der Waals surface area contributed by atoms with Crippen molar-refractivity contribution in [3.63, 3.8) is 0 Å². The number of carbonyl (C=O) groups is 1. The Labute approximate surface area is 196 Å². The Balaban J connectivity index is 1.62. The van der Waals surface area contributed by atoms with Gasteiger partial charge in [0.1, 0.15) is 5.75 Å². The number of ether oxygens (including phenoxy) is 1. The number of carboxylic acid groups (broad SMARTS) is 1. The van der Waals surface area contributed by atoms with Gasteiger partial charge in [0.2, 0.25) is 5.82 Å². The molecule has 2 N–H and O–H groups in total. The summed E-state index contributed by atoms with van der Waals surface area (Å²) in [7, 11) is 1.96. The summed E-state index contributed by atoms with van der Waals surface area (Å²) in [5, 5.41) is 17.7. The molecule has 0 fully saturated rings. The summed E-state index contributed by atoms with van der Waals surface area (Å²) in [6, 6.07) is 11.3. The molecule has 2 heterocycles. The number of carboxylic acids is 1. The van der Waals surface area contributed by atoms with Gasteiger partial charge >= 0.3 is 5.97 Å². The van der Waals surface area contributed by atoms with Gasteiger partial charge in [-0.3, -0.25) is 4.79 Å². The Morgan fingerprint density at radius 3 is 2.85 bits per heavy atom. The van der Waals surface area contributed by atoms with Crippen molar-refractivity contribution in [2.45, 2.75) is 32.9 Å². The Morgan fingerprint density at radius 1 is 1.30 bits per heavy atom. The molecule has 8 nitrogen and oxygen atoms in total. The van der Waals surface area contributed by atoms with E-state index in [0.717, 1.165) is 22.0 Å². The Kier molecular flexibility index (Phi) is 6.67. The number of aliphatic carboxylic acids is 1. The standard InChI is InChI=1S/C24H25ClN4O4/c1-14(2)32-20-8-7-15(11-19(20)25)24-27-23(28-33-24)18-6-4-5-17-16(13-29(3)22(17)18)12-26-10-9-21(30)31/h4-8,11,13-14,26H,9-10,12H2,1-3H3,(H,30,31). The number of nitrogens with zero attached hydrogens (tertiary/aromatic N) is 3. The second kappa shape index (κ2) is 9.64. The number of hydrogen-bond donors (Lipinski definition) is 2. The molecule has 0 atom stereocenters. The van der Waals surface area contributed by atoms with Crippen molar-refractivity contribution in [3.8, 4) is 28.6 Å². The summed E-state index contributed by atoms with van der Waals surface area (Å²) in [4.78, 5) is 15.3. The number of nitrogens with one attached hydrogen (secondary N) is 1. The van der Waals surface area contributed by atoms with Crippen LogP contribution in [0.4, 0.5) is 0 Å². The first-order valence-electron chi connectivity index (χ1n) is 10.6. The highest BCUT2D eigenvalue weighted by Gasteiger charge is 2.18. The predicted molar refractivity (Wildman–Crippen MR) is 126 cm³/mol. The summed E-state index contributed by atoms with van der Waals surface area (Å²) in [5.74, 6) is 0.623. The van der Waals surface area contributed by atoms with Crippen LogP contribution in [0.25, 0.3) is 33.7 Å². The Hall–Kier alpha value is -3.36. The molecule has 0 bridgehead atoms. The van der Waals surface area contributed by atoms with Crippen molar-refractivity contribution >= 4 is 28.5 Å². The van der Waals surface area contributed by atoms with Gasteiger partial charge in [-0.25, -0.2) is 0 Å². The highest BCUT2D eigenvalue weighted by Crippen LogP contribution is 2.33. The maximum Gasteiger partial charge on any atom is 0.304 e. The van der Waals surface area contributed by atoms with Gasteiger partial charge in [0.15, 0.2) is 0 Å². The van der Waals surface area contributed by atoms with Gasteiger partial charge in [-0.2, -0.15) is 4.98 Å².